The maximum absolute atomic E-state index is 14.2. The number of nitrogens with zero attached hydrogens (tertiary/aromatic N) is 4. The Morgan fingerprint density at radius 3 is 2.41 bits per heavy atom. The van der Waals surface area contributed by atoms with Crippen LogP contribution in [0.25, 0.3) is 0 Å². The molecule has 0 radical (unpaired) electrons. The van der Waals surface area contributed by atoms with Crippen molar-refractivity contribution >= 4 is 23.6 Å². The van der Waals surface area contributed by atoms with Crippen molar-refractivity contribution in [2.24, 2.45) is 16.7 Å². The molecule has 11 nitrogen and oxygen atoms in total. The average Bonchev–Trinajstić information content (AvgIpc) is 3.41. The first-order valence-corrected chi connectivity index (χ1v) is 14.6. The Kier molecular flexibility index (Phi) is 8.71. The Hall–Kier alpha value is -3.55. The van der Waals surface area contributed by atoms with Crippen LogP contribution in [-0.2, 0) is 14.4 Å². The molecule has 4 atom stereocenters. The predicted octanol–water partition coefficient (Wildman–Crippen LogP) is 2.49. The highest BCUT2D eigenvalue weighted by molar-refractivity contribution is 5.97. The molecule has 222 valence electrons. The van der Waals surface area contributed by atoms with E-state index in [1.165, 1.54) is 18.6 Å². The fraction of sp³-hybridized carbons (Fsp3) is 0.700. The van der Waals surface area contributed by atoms with Gasteiger partial charge in [0.15, 0.2) is 0 Å². The van der Waals surface area contributed by atoms with E-state index in [0.29, 0.717) is 19.4 Å². The number of nitrogens with one attached hydrogen (secondary N) is 3. The first kappa shape index (κ1) is 30.4. The minimum atomic E-state index is -0.915. The van der Waals surface area contributed by atoms with Gasteiger partial charge in [0.25, 0.3) is 5.91 Å². The summed E-state index contributed by atoms with van der Waals surface area (Å²) in [6, 6.07) is -0.396. The van der Waals surface area contributed by atoms with Gasteiger partial charge in [-0.25, -0.2) is 4.98 Å². The maximum Gasteiger partial charge on any atom is 0.272 e. The molecule has 2 saturated heterocycles. The third-order valence-electron chi connectivity index (χ3n) is 8.77. The van der Waals surface area contributed by atoms with Gasteiger partial charge < -0.3 is 20.9 Å². The van der Waals surface area contributed by atoms with E-state index in [-0.39, 0.29) is 40.8 Å². The number of amides is 4. The Morgan fingerprint density at radius 1 is 1.15 bits per heavy atom. The van der Waals surface area contributed by atoms with Crippen LogP contribution in [0.1, 0.15) is 96.5 Å². The van der Waals surface area contributed by atoms with Gasteiger partial charge in [0.1, 0.15) is 23.8 Å². The Balaban J connectivity index is 1.55. The van der Waals surface area contributed by atoms with Gasteiger partial charge in [0, 0.05) is 30.4 Å². The summed E-state index contributed by atoms with van der Waals surface area (Å²) in [4.78, 5) is 63.1. The third kappa shape index (κ3) is 7.03. The zero-order valence-electron chi connectivity index (χ0n) is 24.8. The van der Waals surface area contributed by atoms with Gasteiger partial charge in [-0.2, -0.15) is 5.26 Å². The van der Waals surface area contributed by atoms with Crippen LogP contribution in [0.4, 0.5) is 0 Å². The van der Waals surface area contributed by atoms with E-state index in [2.05, 4.69) is 32.0 Å². The second kappa shape index (κ2) is 11.7. The van der Waals surface area contributed by atoms with Gasteiger partial charge in [0.2, 0.25) is 17.7 Å². The number of rotatable bonds is 7. The molecule has 2 aliphatic heterocycles. The molecule has 41 heavy (non-hydrogen) atoms. The molecule has 3 heterocycles. The number of hydrogen-bond donors (Lipinski definition) is 3. The Bertz CT molecular complexity index is 1200. The van der Waals surface area contributed by atoms with Crippen LogP contribution in [0.3, 0.4) is 0 Å². The monoisotopic (exact) mass is 565 g/mol. The van der Waals surface area contributed by atoms with E-state index in [4.69, 9.17) is 0 Å². The molecule has 0 bridgehead atoms. The highest BCUT2D eigenvalue weighted by Gasteiger charge is 2.51. The van der Waals surface area contributed by atoms with Crippen molar-refractivity contribution in [3.63, 3.8) is 0 Å². The maximum atomic E-state index is 14.2. The van der Waals surface area contributed by atoms with E-state index in [9.17, 15) is 24.4 Å². The van der Waals surface area contributed by atoms with Crippen molar-refractivity contribution in [2.75, 3.05) is 6.54 Å². The molecule has 11 heteroatoms. The SMILES string of the molecule is CC1(C)CC(CC(C#N)NC(=O)C2CC3(CCCCC3)CN2C(=O)C(NC(=O)c2cnccn2)C(C)(C)C)C(=O)N1. The van der Waals surface area contributed by atoms with Gasteiger partial charge in [-0.05, 0) is 56.8 Å². The molecular formula is C30H43N7O4. The molecule has 4 unspecified atom stereocenters. The average molecular weight is 566 g/mol. The summed E-state index contributed by atoms with van der Waals surface area (Å²) in [5.74, 6) is -1.72. The van der Waals surface area contributed by atoms with Crippen molar-refractivity contribution < 1.29 is 19.2 Å². The van der Waals surface area contributed by atoms with Crippen LogP contribution in [0, 0.1) is 28.1 Å². The van der Waals surface area contributed by atoms with Gasteiger partial charge in [-0.1, -0.05) is 40.0 Å². The summed E-state index contributed by atoms with van der Waals surface area (Å²) in [6.45, 7) is 9.90. The summed E-state index contributed by atoms with van der Waals surface area (Å²) in [6.07, 6.45) is 10.6. The van der Waals surface area contributed by atoms with Crippen LogP contribution < -0.4 is 16.0 Å². The number of nitriles is 1. The van der Waals surface area contributed by atoms with E-state index >= 15 is 0 Å². The van der Waals surface area contributed by atoms with Gasteiger partial charge >= 0.3 is 0 Å². The van der Waals surface area contributed by atoms with E-state index in [0.717, 1.165) is 32.1 Å². The number of hydrogen-bond acceptors (Lipinski definition) is 7. The number of likely N-dealkylation sites (tertiary alicyclic amines) is 1. The summed E-state index contributed by atoms with van der Waals surface area (Å²) in [7, 11) is 0. The molecule has 3 N–H and O–H groups in total. The van der Waals surface area contributed by atoms with Crippen molar-refractivity contribution in [3.05, 3.63) is 24.3 Å². The Morgan fingerprint density at radius 2 is 1.85 bits per heavy atom. The molecule has 1 aliphatic carbocycles. The van der Waals surface area contributed by atoms with E-state index in [1.54, 1.807) is 4.90 Å². The lowest BCUT2D eigenvalue weighted by atomic mass is 9.72. The minimum absolute atomic E-state index is 0.102. The molecule has 4 amide bonds. The molecule has 1 saturated carbocycles. The minimum Gasteiger partial charge on any atom is -0.351 e. The fourth-order valence-corrected chi connectivity index (χ4v) is 6.70. The summed E-state index contributed by atoms with van der Waals surface area (Å²) in [5.41, 5.74) is -1.09. The molecule has 0 aromatic carbocycles. The normalized spacial score (nSPS) is 24.7. The first-order valence-electron chi connectivity index (χ1n) is 14.6. The first-order chi connectivity index (χ1) is 19.2. The molecule has 3 aliphatic rings. The number of carbonyl (C=O) groups excluding carboxylic acids is 4. The van der Waals surface area contributed by atoms with Crippen molar-refractivity contribution in [1.29, 1.82) is 5.26 Å². The van der Waals surface area contributed by atoms with E-state index in [1.807, 2.05) is 34.6 Å². The van der Waals surface area contributed by atoms with Crippen LogP contribution in [0.2, 0.25) is 0 Å². The lowest BCUT2D eigenvalue weighted by Crippen LogP contribution is -2.58. The highest BCUT2D eigenvalue weighted by atomic mass is 16.2. The predicted molar refractivity (Wildman–Crippen MR) is 151 cm³/mol. The van der Waals surface area contributed by atoms with Crippen molar-refractivity contribution in [3.8, 4) is 6.07 Å². The van der Waals surface area contributed by atoms with Gasteiger partial charge in [-0.3, -0.25) is 24.2 Å². The van der Waals surface area contributed by atoms with Gasteiger partial charge in [-0.15, -0.1) is 0 Å². The molecule has 1 aromatic rings. The Labute approximate surface area is 242 Å². The summed E-state index contributed by atoms with van der Waals surface area (Å²) >= 11 is 0. The standard InChI is InChI=1S/C30H43N7O4/c1-28(2,3)23(35-25(39)21-17-32-11-12-33-21)27(41)37-18-30(9-7-6-8-10-30)15-22(37)26(40)34-20(16-31)13-19-14-29(4,5)36-24(19)38/h11-12,17,19-20,22-23H,6-10,13-15,18H2,1-5H3,(H,34,40)(H,35,39)(H,36,38). The zero-order chi connectivity index (χ0) is 30.0. The lowest BCUT2D eigenvalue weighted by molar-refractivity contribution is -0.142. The molecular weight excluding hydrogens is 522 g/mol. The molecule has 3 fully saturated rings. The van der Waals surface area contributed by atoms with Crippen LogP contribution in [0.5, 0.6) is 0 Å². The highest BCUT2D eigenvalue weighted by Crippen LogP contribution is 2.47. The van der Waals surface area contributed by atoms with Crippen LogP contribution in [0.15, 0.2) is 18.6 Å². The van der Waals surface area contributed by atoms with E-state index < -0.39 is 35.4 Å². The quantitative estimate of drug-likeness (QED) is 0.458. The fourth-order valence-electron chi connectivity index (χ4n) is 6.70. The van der Waals surface area contributed by atoms with Crippen LogP contribution in [-0.4, -0.2) is 68.7 Å². The van der Waals surface area contributed by atoms with Gasteiger partial charge in [0.05, 0.1) is 12.3 Å². The molecule has 4 rings (SSSR count). The van der Waals surface area contributed by atoms with Crippen molar-refractivity contribution in [1.82, 2.24) is 30.8 Å². The second-order valence-electron chi connectivity index (χ2n) is 13.8. The lowest BCUT2D eigenvalue weighted by Gasteiger charge is -2.36. The topological polar surface area (TPSA) is 157 Å². The summed E-state index contributed by atoms with van der Waals surface area (Å²) in [5, 5.41) is 18.5. The number of carbonyl (C=O) groups is 4. The zero-order valence-corrected chi connectivity index (χ0v) is 24.8. The number of aromatic nitrogens is 2. The largest absolute Gasteiger partial charge is 0.351 e. The van der Waals surface area contributed by atoms with Crippen LogP contribution >= 0.6 is 0 Å². The summed E-state index contributed by atoms with van der Waals surface area (Å²) < 4.78 is 0. The molecule has 1 aromatic heterocycles. The molecule has 1 spiro atoms. The third-order valence-corrected chi connectivity index (χ3v) is 8.77. The smallest absolute Gasteiger partial charge is 0.272 e. The second-order valence-corrected chi connectivity index (χ2v) is 13.8. The van der Waals surface area contributed by atoms with Crippen molar-refractivity contribution in [2.45, 2.75) is 110 Å².